The Balaban J connectivity index is 0.00000180. The van der Waals surface area contributed by atoms with Crippen molar-refractivity contribution in [3.63, 3.8) is 0 Å². The van der Waals surface area contributed by atoms with E-state index in [9.17, 15) is 9.90 Å². The second-order valence-corrected chi connectivity index (χ2v) is 4.44. The van der Waals surface area contributed by atoms with Crippen LogP contribution in [0.1, 0.15) is 38.2 Å². The van der Waals surface area contributed by atoms with Crippen LogP contribution in [0.15, 0.2) is 35.3 Å². The Morgan fingerprint density at radius 2 is 1.95 bits per heavy atom. The van der Waals surface area contributed by atoms with Crippen LogP contribution in [0.5, 0.6) is 0 Å². The predicted octanol–water partition coefficient (Wildman–Crippen LogP) is -0.625. The molecule has 0 spiro atoms. The summed E-state index contributed by atoms with van der Waals surface area (Å²) in [4.78, 5) is 14.7. The van der Waals surface area contributed by atoms with Crippen LogP contribution in [0.2, 0.25) is 0 Å². The van der Waals surface area contributed by atoms with E-state index in [2.05, 4.69) is 11.9 Å². The Labute approximate surface area is 135 Å². The molecule has 0 radical (unpaired) electrons. The van der Waals surface area contributed by atoms with E-state index >= 15 is 0 Å². The first-order valence-electron chi connectivity index (χ1n) is 6.24. The molecule has 0 fully saturated rings. The van der Waals surface area contributed by atoms with Gasteiger partial charge in [-0.05, 0) is 12.8 Å². The molecule has 0 bridgehead atoms. The number of nitrogens with zero attached hydrogens (tertiary/aromatic N) is 1. The molecule has 19 heavy (non-hydrogen) atoms. The van der Waals surface area contributed by atoms with Crippen LogP contribution in [-0.2, 0) is 10.3 Å². The normalized spacial score (nSPS) is 21.5. The summed E-state index contributed by atoms with van der Waals surface area (Å²) in [6.45, 7) is 2.09. The number of aliphatic imine (C=N–C) groups is 1. The monoisotopic (exact) mass is 269 g/mol. The van der Waals surface area contributed by atoms with Crippen LogP contribution in [0.4, 0.5) is 4.79 Å². The van der Waals surface area contributed by atoms with Crippen molar-refractivity contribution in [1.29, 1.82) is 0 Å². The quantitative estimate of drug-likeness (QED) is 0.528. The van der Waals surface area contributed by atoms with Crippen molar-refractivity contribution >= 4 is 12.0 Å². The van der Waals surface area contributed by atoms with Crippen LogP contribution >= 0.6 is 0 Å². The predicted molar refractivity (Wildman–Crippen MR) is 66.2 cm³/mol. The van der Waals surface area contributed by atoms with Gasteiger partial charge in [-0.1, -0.05) is 50.1 Å². The van der Waals surface area contributed by atoms with Crippen LogP contribution in [0.3, 0.4) is 0 Å². The van der Waals surface area contributed by atoms with Gasteiger partial charge in [0, 0.05) is 11.5 Å². The minimum atomic E-state index is -1.19. The fourth-order valence-electron chi connectivity index (χ4n) is 2.20. The van der Waals surface area contributed by atoms with Gasteiger partial charge in [-0.25, -0.2) is 4.79 Å². The van der Waals surface area contributed by atoms with Gasteiger partial charge in [0.25, 0.3) is 0 Å². The molecule has 1 aliphatic rings. The largest absolute Gasteiger partial charge is 1.00 e. The van der Waals surface area contributed by atoms with Crippen molar-refractivity contribution in [2.24, 2.45) is 4.99 Å². The molecule has 96 valence electrons. The number of ether oxygens (including phenoxy) is 1. The Kier molecular flexibility index (Phi) is 6.04. The van der Waals surface area contributed by atoms with Gasteiger partial charge in [-0.3, -0.25) is 0 Å². The SMILES string of the molecule is CCCCCC1(c2ccccc2)OC(=O)N=C1[O-].[Na+]. The molecule has 1 unspecified atom stereocenters. The van der Waals surface area contributed by atoms with E-state index in [0.717, 1.165) is 19.3 Å². The molecule has 0 saturated carbocycles. The summed E-state index contributed by atoms with van der Waals surface area (Å²) in [5.41, 5.74) is -0.478. The third-order valence-electron chi connectivity index (χ3n) is 3.17. The Bertz CT molecular complexity index is 461. The number of hydrogen-bond acceptors (Lipinski definition) is 3. The number of cyclic esters (lactones) is 1. The van der Waals surface area contributed by atoms with Crippen LogP contribution < -0.4 is 34.7 Å². The van der Waals surface area contributed by atoms with E-state index in [0.29, 0.717) is 12.0 Å². The summed E-state index contributed by atoms with van der Waals surface area (Å²) in [6.07, 6.45) is 2.60. The minimum absolute atomic E-state index is 0. The summed E-state index contributed by atoms with van der Waals surface area (Å²) in [5.74, 6) is -0.477. The summed E-state index contributed by atoms with van der Waals surface area (Å²) in [7, 11) is 0. The fourth-order valence-corrected chi connectivity index (χ4v) is 2.20. The fraction of sp³-hybridized carbons (Fsp3) is 0.429. The number of amides is 1. The summed E-state index contributed by atoms with van der Waals surface area (Å²) >= 11 is 0. The molecule has 0 saturated heterocycles. The Hall–Kier alpha value is -0.840. The molecule has 1 atom stereocenters. The first-order valence-corrected chi connectivity index (χ1v) is 6.24. The average molecular weight is 269 g/mol. The molecule has 5 heteroatoms. The molecular formula is C14H16NNaO3. The molecule has 1 aromatic carbocycles. The van der Waals surface area contributed by atoms with Gasteiger partial charge in [0.05, 0.1) is 0 Å². The molecule has 0 N–H and O–H groups in total. The van der Waals surface area contributed by atoms with Gasteiger partial charge >= 0.3 is 35.7 Å². The van der Waals surface area contributed by atoms with Crippen LogP contribution in [-0.4, -0.2) is 12.0 Å². The molecular weight excluding hydrogens is 253 g/mol. The first kappa shape index (κ1) is 16.2. The van der Waals surface area contributed by atoms with Gasteiger partial charge < -0.3 is 9.84 Å². The second kappa shape index (κ2) is 7.08. The molecule has 0 aliphatic carbocycles. The standard InChI is InChI=1S/C14H17NO3.Na/c1-2-3-7-10-14(11-8-5-4-6-9-11)12(16)15-13(17)18-14;/h4-6,8-9H,2-3,7,10H2,1H3,(H,15,16,17);/q;+1/p-1. The van der Waals surface area contributed by atoms with Gasteiger partial charge in [0.15, 0.2) is 5.60 Å². The summed E-state index contributed by atoms with van der Waals surface area (Å²) in [6, 6.07) is 9.13. The van der Waals surface area contributed by atoms with E-state index < -0.39 is 17.6 Å². The van der Waals surface area contributed by atoms with Crippen molar-refractivity contribution < 1.29 is 44.2 Å². The van der Waals surface area contributed by atoms with Gasteiger partial charge in [-0.2, -0.15) is 4.99 Å². The molecule has 1 aliphatic heterocycles. The maximum absolute atomic E-state index is 12.0. The van der Waals surface area contributed by atoms with E-state index in [1.54, 1.807) is 12.1 Å². The van der Waals surface area contributed by atoms with Gasteiger partial charge in [-0.15, -0.1) is 0 Å². The minimum Gasteiger partial charge on any atom is -0.859 e. The number of hydrogen-bond donors (Lipinski definition) is 0. The summed E-state index contributed by atoms with van der Waals surface area (Å²) in [5, 5.41) is 12.0. The van der Waals surface area contributed by atoms with Gasteiger partial charge in [0.2, 0.25) is 0 Å². The number of unbranched alkanes of at least 4 members (excludes halogenated alkanes) is 2. The molecule has 2 rings (SSSR count). The molecule has 1 amide bonds. The number of carbonyl (C=O) groups is 1. The van der Waals surface area contributed by atoms with Crippen LogP contribution in [0.25, 0.3) is 0 Å². The summed E-state index contributed by atoms with van der Waals surface area (Å²) < 4.78 is 5.24. The van der Waals surface area contributed by atoms with Crippen molar-refractivity contribution in [2.75, 3.05) is 0 Å². The smallest absolute Gasteiger partial charge is 0.859 e. The maximum atomic E-state index is 12.0. The zero-order chi connectivity index (χ0) is 13.0. The first-order chi connectivity index (χ1) is 8.69. The molecule has 4 nitrogen and oxygen atoms in total. The zero-order valence-corrected chi connectivity index (χ0v) is 13.4. The van der Waals surface area contributed by atoms with Crippen LogP contribution in [0, 0.1) is 0 Å². The Morgan fingerprint density at radius 3 is 2.47 bits per heavy atom. The third-order valence-corrected chi connectivity index (χ3v) is 3.17. The van der Waals surface area contributed by atoms with E-state index in [-0.39, 0.29) is 29.6 Å². The van der Waals surface area contributed by atoms with Gasteiger partial charge in [0.1, 0.15) is 0 Å². The van der Waals surface area contributed by atoms with Crippen molar-refractivity contribution in [3.05, 3.63) is 35.9 Å². The van der Waals surface area contributed by atoms with E-state index in [1.165, 1.54) is 0 Å². The number of benzene rings is 1. The number of carbonyl (C=O) groups excluding carboxylic acids is 1. The average Bonchev–Trinajstić information content (AvgIpc) is 2.67. The molecule has 0 aromatic heterocycles. The third kappa shape index (κ3) is 3.38. The molecule has 1 aromatic rings. The Morgan fingerprint density at radius 1 is 1.26 bits per heavy atom. The maximum Gasteiger partial charge on any atom is 1.00 e. The second-order valence-electron chi connectivity index (χ2n) is 4.44. The van der Waals surface area contributed by atoms with Crippen molar-refractivity contribution in [1.82, 2.24) is 0 Å². The van der Waals surface area contributed by atoms with E-state index in [1.807, 2.05) is 18.2 Å². The van der Waals surface area contributed by atoms with E-state index in [4.69, 9.17) is 4.74 Å². The van der Waals surface area contributed by atoms with Crippen molar-refractivity contribution in [2.45, 2.75) is 38.2 Å². The topological polar surface area (TPSA) is 61.7 Å². The van der Waals surface area contributed by atoms with Crippen molar-refractivity contribution in [3.8, 4) is 0 Å². The number of rotatable bonds is 5. The zero-order valence-electron chi connectivity index (χ0n) is 11.4. The molecule has 1 heterocycles.